The fraction of sp³-hybridized carbons (Fsp3) is 0.923. The lowest BCUT2D eigenvalue weighted by molar-refractivity contribution is -0.139. The molecule has 2 atom stereocenters. The van der Waals surface area contributed by atoms with Gasteiger partial charge in [-0.25, -0.2) is 0 Å². The zero-order valence-electron chi connectivity index (χ0n) is 11.3. The molecule has 1 aliphatic carbocycles. The average Bonchev–Trinajstić information content (AvgIpc) is 3.07. The van der Waals surface area contributed by atoms with Crippen LogP contribution in [-0.4, -0.2) is 47.7 Å². The number of hydrogen-bond donors (Lipinski definition) is 2. The summed E-state index contributed by atoms with van der Waals surface area (Å²) in [6.45, 7) is 5.23. The minimum absolute atomic E-state index is 0.376. The smallest absolute Gasteiger partial charge is 0.320 e. The fourth-order valence-corrected chi connectivity index (χ4v) is 2.00. The number of carboxylic acid groups (broad SMARTS) is 1. The van der Waals surface area contributed by atoms with Gasteiger partial charge in [0, 0.05) is 18.6 Å². The number of hydrogen-bond acceptors (Lipinski definition) is 3. The Kier molecular flexibility index (Phi) is 5.92. The molecule has 2 N–H and O–H groups in total. The summed E-state index contributed by atoms with van der Waals surface area (Å²) in [5, 5.41) is 12.3. The van der Waals surface area contributed by atoms with Crippen LogP contribution in [-0.2, 0) is 4.79 Å². The summed E-state index contributed by atoms with van der Waals surface area (Å²) in [6.07, 6.45) is 5.30. The number of carbonyl (C=O) groups is 1. The number of nitrogens with zero attached hydrogens (tertiary/aromatic N) is 1. The molecule has 1 rings (SSSR count). The summed E-state index contributed by atoms with van der Waals surface area (Å²) in [5.74, 6) is -0.714. The van der Waals surface area contributed by atoms with E-state index in [1.165, 1.54) is 12.8 Å². The Bertz CT molecular complexity index is 242. The van der Waals surface area contributed by atoms with Crippen LogP contribution in [0.1, 0.15) is 46.0 Å². The lowest BCUT2D eigenvalue weighted by Crippen LogP contribution is -2.41. The van der Waals surface area contributed by atoms with Gasteiger partial charge in [-0.3, -0.25) is 4.79 Å². The third-order valence-electron chi connectivity index (χ3n) is 3.54. The van der Waals surface area contributed by atoms with Crippen molar-refractivity contribution in [3.8, 4) is 0 Å². The van der Waals surface area contributed by atoms with Crippen LogP contribution in [0.2, 0.25) is 0 Å². The van der Waals surface area contributed by atoms with Crippen molar-refractivity contribution in [3.63, 3.8) is 0 Å². The molecular formula is C13H26N2O2. The van der Waals surface area contributed by atoms with Gasteiger partial charge in [-0.05, 0) is 39.7 Å². The van der Waals surface area contributed by atoms with E-state index in [9.17, 15) is 4.79 Å². The monoisotopic (exact) mass is 242 g/mol. The van der Waals surface area contributed by atoms with Crippen molar-refractivity contribution in [2.45, 2.75) is 64.1 Å². The zero-order valence-corrected chi connectivity index (χ0v) is 11.3. The predicted octanol–water partition coefficient (Wildman–Crippen LogP) is 1.70. The molecule has 0 aliphatic heterocycles. The highest BCUT2D eigenvalue weighted by Crippen LogP contribution is 2.20. The second-order valence-corrected chi connectivity index (χ2v) is 5.24. The summed E-state index contributed by atoms with van der Waals surface area (Å²) >= 11 is 0. The summed E-state index contributed by atoms with van der Waals surface area (Å²) in [5.41, 5.74) is 0. The molecule has 0 heterocycles. The van der Waals surface area contributed by atoms with Gasteiger partial charge in [-0.1, -0.05) is 13.3 Å². The lowest BCUT2D eigenvalue weighted by Gasteiger charge is -2.25. The Morgan fingerprint density at radius 3 is 2.59 bits per heavy atom. The SMILES string of the molecule is CCCC(C)N(C)CCC(NC1CC1)C(=O)O. The first kappa shape index (κ1) is 14.5. The summed E-state index contributed by atoms with van der Waals surface area (Å²) < 4.78 is 0. The average molecular weight is 242 g/mol. The molecule has 100 valence electrons. The van der Waals surface area contributed by atoms with Crippen molar-refractivity contribution in [2.24, 2.45) is 0 Å². The molecule has 17 heavy (non-hydrogen) atoms. The number of aliphatic carboxylic acids is 1. The van der Waals surface area contributed by atoms with E-state index in [0.29, 0.717) is 18.5 Å². The van der Waals surface area contributed by atoms with Crippen LogP contribution in [0.3, 0.4) is 0 Å². The molecule has 4 nitrogen and oxygen atoms in total. The first-order chi connectivity index (χ1) is 8.04. The molecule has 4 heteroatoms. The Morgan fingerprint density at radius 2 is 2.12 bits per heavy atom. The molecule has 1 saturated carbocycles. The van der Waals surface area contributed by atoms with Gasteiger partial charge in [0.25, 0.3) is 0 Å². The first-order valence-electron chi connectivity index (χ1n) is 6.73. The standard InChI is InChI=1S/C13H26N2O2/c1-4-5-10(2)15(3)9-8-12(13(16)17)14-11-6-7-11/h10-12,14H,4-9H2,1-3H3,(H,16,17). The van der Waals surface area contributed by atoms with Gasteiger partial charge in [0.2, 0.25) is 0 Å². The van der Waals surface area contributed by atoms with E-state index >= 15 is 0 Å². The fourth-order valence-electron chi connectivity index (χ4n) is 2.00. The van der Waals surface area contributed by atoms with Gasteiger partial charge in [0.15, 0.2) is 0 Å². The maximum Gasteiger partial charge on any atom is 0.320 e. The van der Waals surface area contributed by atoms with E-state index in [1.807, 2.05) is 0 Å². The van der Waals surface area contributed by atoms with Crippen molar-refractivity contribution in [1.82, 2.24) is 10.2 Å². The Labute approximate surface area is 104 Å². The maximum atomic E-state index is 11.1. The second-order valence-electron chi connectivity index (χ2n) is 5.24. The Hall–Kier alpha value is -0.610. The second kappa shape index (κ2) is 6.97. The van der Waals surface area contributed by atoms with Crippen molar-refractivity contribution >= 4 is 5.97 Å². The van der Waals surface area contributed by atoms with Crippen LogP contribution in [0.5, 0.6) is 0 Å². The van der Waals surface area contributed by atoms with E-state index in [-0.39, 0.29) is 6.04 Å². The number of rotatable bonds is 9. The molecule has 0 spiro atoms. The molecule has 0 aromatic heterocycles. The molecule has 0 bridgehead atoms. The van der Waals surface area contributed by atoms with E-state index in [0.717, 1.165) is 19.4 Å². The van der Waals surface area contributed by atoms with Gasteiger partial charge in [-0.2, -0.15) is 0 Å². The molecule has 0 aromatic carbocycles. The van der Waals surface area contributed by atoms with Gasteiger partial charge < -0.3 is 15.3 Å². The molecule has 0 saturated heterocycles. The number of nitrogens with one attached hydrogen (secondary N) is 1. The van der Waals surface area contributed by atoms with Gasteiger partial charge in [-0.15, -0.1) is 0 Å². The van der Waals surface area contributed by atoms with Crippen molar-refractivity contribution in [3.05, 3.63) is 0 Å². The van der Waals surface area contributed by atoms with E-state index in [1.54, 1.807) is 0 Å². The van der Waals surface area contributed by atoms with Crippen LogP contribution < -0.4 is 5.32 Å². The minimum atomic E-state index is -0.714. The van der Waals surface area contributed by atoms with Gasteiger partial charge in [0.05, 0.1) is 0 Å². The van der Waals surface area contributed by atoms with Crippen LogP contribution in [0.15, 0.2) is 0 Å². The normalized spacial score (nSPS) is 19.3. The summed E-state index contributed by atoms with van der Waals surface area (Å²) in [7, 11) is 2.08. The highest BCUT2D eigenvalue weighted by Gasteiger charge is 2.28. The third kappa shape index (κ3) is 5.50. The topological polar surface area (TPSA) is 52.6 Å². The lowest BCUT2D eigenvalue weighted by atomic mass is 10.1. The van der Waals surface area contributed by atoms with Crippen molar-refractivity contribution in [2.75, 3.05) is 13.6 Å². The Balaban J connectivity index is 2.26. The summed E-state index contributed by atoms with van der Waals surface area (Å²) in [4.78, 5) is 13.3. The van der Waals surface area contributed by atoms with E-state index in [4.69, 9.17) is 5.11 Å². The third-order valence-corrected chi connectivity index (χ3v) is 3.54. The molecule has 0 radical (unpaired) electrons. The van der Waals surface area contributed by atoms with Crippen LogP contribution in [0.4, 0.5) is 0 Å². The van der Waals surface area contributed by atoms with Crippen molar-refractivity contribution in [1.29, 1.82) is 0 Å². The van der Waals surface area contributed by atoms with E-state index < -0.39 is 5.97 Å². The quantitative estimate of drug-likeness (QED) is 0.646. The highest BCUT2D eigenvalue weighted by atomic mass is 16.4. The van der Waals surface area contributed by atoms with Crippen LogP contribution in [0, 0.1) is 0 Å². The Morgan fingerprint density at radius 1 is 1.47 bits per heavy atom. The zero-order chi connectivity index (χ0) is 12.8. The minimum Gasteiger partial charge on any atom is -0.480 e. The first-order valence-corrected chi connectivity index (χ1v) is 6.73. The molecule has 2 unspecified atom stereocenters. The molecule has 1 fully saturated rings. The van der Waals surface area contributed by atoms with Crippen LogP contribution in [0.25, 0.3) is 0 Å². The van der Waals surface area contributed by atoms with Crippen molar-refractivity contribution < 1.29 is 9.90 Å². The molecule has 0 amide bonds. The van der Waals surface area contributed by atoms with Crippen LogP contribution >= 0.6 is 0 Å². The molecule has 1 aliphatic rings. The molecule has 0 aromatic rings. The van der Waals surface area contributed by atoms with Gasteiger partial charge in [0.1, 0.15) is 6.04 Å². The summed E-state index contributed by atoms with van der Waals surface area (Å²) in [6, 6.07) is 0.614. The molecular weight excluding hydrogens is 216 g/mol. The predicted molar refractivity (Wildman–Crippen MR) is 69.2 cm³/mol. The highest BCUT2D eigenvalue weighted by molar-refractivity contribution is 5.73. The number of carboxylic acids is 1. The largest absolute Gasteiger partial charge is 0.480 e. The van der Waals surface area contributed by atoms with Gasteiger partial charge >= 0.3 is 5.97 Å². The van der Waals surface area contributed by atoms with E-state index in [2.05, 4.69) is 31.1 Å². The maximum absolute atomic E-state index is 11.1.